The highest BCUT2D eigenvalue weighted by Gasteiger charge is 2.44. The molecule has 1 fully saturated rings. The summed E-state index contributed by atoms with van der Waals surface area (Å²) >= 11 is 0. The third-order valence-corrected chi connectivity index (χ3v) is 6.38. The smallest absolute Gasteiger partial charge is 0.227 e. The molecule has 11 nitrogen and oxygen atoms in total. The largest absolute Gasteiger partial charge is 0.394 e. The maximum Gasteiger partial charge on any atom is 0.227 e. The van der Waals surface area contributed by atoms with Gasteiger partial charge in [-0.2, -0.15) is 15.1 Å². The molecule has 0 spiro atoms. The van der Waals surface area contributed by atoms with Crippen LogP contribution in [0.5, 0.6) is 0 Å². The molecule has 3 heterocycles. The van der Waals surface area contributed by atoms with Crippen molar-refractivity contribution >= 4 is 22.9 Å². The number of nitrogens with one attached hydrogen (secondary N) is 1. The molecule has 1 saturated carbocycles. The maximum atomic E-state index is 10.9. The first kappa shape index (κ1) is 22.3. The lowest BCUT2D eigenvalue weighted by Crippen LogP contribution is -2.30. The van der Waals surface area contributed by atoms with Gasteiger partial charge in [0.25, 0.3) is 0 Å². The Balaban J connectivity index is 1.43. The van der Waals surface area contributed by atoms with E-state index in [1.807, 2.05) is 43.5 Å². The monoisotopic (exact) mass is 464 g/mol. The SMILES string of the molecule is Cc1cnn([C@H]2C[C@@H](n3cnc4c(N)nc(N[C@@H](CO)Cc5ccccc5)nc43)[C@H](O)[C@@H]2O)c1. The molecule has 0 saturated heterocycles. The highest BCUT2D eigenvalue weighted by Crippen LogP contribution is 2.39. The van der Waals surface area contributed by atoms with E-state index in [1.54, 1.807) is 21.8 Å². The molecule has 34 heavy (non-hydrogen) atoms. The van der Waals surface area contributed by atoms with E-state index in [4.69, 9.17) is 5.73 Å². The number of imidazole rings is 1. The van der Waals surface area contributed by atoms with Crippen LogP contribution in [0.15, 0.2) is 49.1 Å². The number of aryl methyl sites for hydroxylation is 1. The summed E-state index contributed by atoms with van der Waals surface area (Å²) < 4.78 is 3.42. The lowest BCUT2D eigenvalue weighted by molar-refractivity contribution is 0.00722. The first-order chi connectivity index (χ1) is 16.4. The summed E-state index contributed by atoms with van der Waals surface area (Å²) in [6.07, 6.45) is 4.11. The molecule has 0 amide bonds. The van der Waals surface area contributed by atoms with E-state index in [0.717, 1.165) is 11.1 Å². The minimum absolute atomic E-state index is 0.117. The van der Waals surface area contributed by atoms with Crippen LogP contribution in [-0.2, 0) is 6.42 Å². The molecule has 0 bridgehead atoms. The summed E-state index contributed by atoms with van der Waals surface area (Å²) in [5, 5.41) is 38.9. The number of benzene rings is 1. The second kappa shape index (κ2) is 9.01. The molecule has 1 aromatic carbocycles. The van der Waals surface area contributed by atoms with Crippen LogP contribution in [-0.4, -0.2) is 69.5 Å². The van der Waals surface area contributed by atoms with Gasteiger partial charge in [-0.3, -0.25) is 4.68 Å². The van der Waals surface area contributed by atoms with Crippen molar-refractivity contribution < 1.29 is 15.3 Å². The predicted octanol–water partition coefficient (Wildman–Crippen LogP) is 0.837. The van der Waals surface area contributed by atoms with Crippen molar-refractivity contribution in [1.29, 1.82) is 0 Å². The summed E-state index contributed by atoms with van der Waals surface area (Å²) in [7, 11) is 0. The molecule has 0 unspecified atom stereocenters. The molecular weight excluding hydrogens is 436 g/mol. The molecule has 3 aromatic heterocycles. The van der Waals surface area contributed by atoms with Gasteiger partial charge in [-0.1, -0.05) is 30.3 Å². The number of nitrogens with two attached hydrogens (primary N) is 1. The maximum absolute atomic E-state index is 10.9. The van der Waals surface area contributed by atoms with Gasteiger partial charge in [-0.25, -0.2) is 4.98 Å². The Labute approximate surface area is 195 Å². The first-order valence-corrected chi connectivity index (χ1v) is 11.2. The molecular formula is C23H28N8O3. The number of nitrogens with zero attached hydrogens (tertiary/aromatic N) is 6. The predicted molar refractivity (Wildman–Crippen MR) is 126 cm³/mol. The van der Waals surface area contributed by atoms with Gasteiger partial charge < -0.3 is 30.9 Å². The second-order valence-electron chi connectivity index (χ2n) is 8.82. The standard InChI is InChI=1S/C23H28N8O3/c1-13-9-26-31(10-13)17-8-16(19(33)20(17)34)30-12-25-18-21(24)28-23(29-22(18)30)27-15(11-32)7-14-5-3-2-4-6-14/h2-6,9-10,12,15-17,19-20,32-34H,7-8,11H2,1H3,(H3,24,27,28,29)/t15-,16-,17+,19+,20-/m1/s1. The minimum atomic E-state index is -1.04. The Bertz CT molecular complexity index is 1270. The van der Waals surface area contributed by atoms with Crippen molar-refractivity contribution in [3.05, 3.63) is 60.2 Å². The van der Waals surface area contributed by atoms with Crippen molar-refractivity contribution in [3.63, 3.8) is 0 Å². The number of fused-ring (bicyclic) bond motifs is 1. The van der Waals surface area contributed by atoms with Crippen molar-refractivity contribution in [2.75, 3.05) is 17.7 Å². The number of aliphatic hydroxyl groups excluding tert-OH is 3. The molecule has 6 N–H and O–H groups in total. The van der Waals surface area contributed by atoms with Gasteiger partial charge in [0, 0.05) is 6.20 Å². The minimum Gasteiger partial charge on any atom is -0.394 e. The number of anilines is 2. The summed E-state index contributed by atoms with van der Waals surface area (Å²) in [5.74, 6) is 0.448. The lowest BCUT2D eigenvalue weighted by Gasteiger charge is -2.19. The lowest BCUT2D eigenvalue weighted by atomic mass is 10.1. The zero-order chi connectivity index (χ0) is 23.8. The van der Waals surface area contributed by atoms with Gasteiger partial charge in [-0.05, 0) is 30.9 Å². The zero-order valence-corrected chi connectivity index (χ0v) is 18.7. The van der Waals surface area contributed by atoms with Crippen LogP contribution in [0.3, 0.4) is 0 Å². The van der Waals surface area contributed by atoms with E-state index in [2.05, 4.69) is 25.4 Å². The number of aliphatic hydroxyl groups is 3. The van der Waals surface area contributed by atoms with Crippen molar-refractivity contribution in [1.82, 2.24) is 29.3 Å². The zero-order valence-electron chi connectivity index (χ0n) is 18.7. The normalized spacial score (nSPS) is 23.4. The third kappa shape index (κ3) is 4.09. The molecule has 4 aromatic rings. The fourth-order valence-corrected chi connectivity index (χ4v) is 4.63. The topological polar surface area (TPSA) is 160 Å². The second-order valence-corrected chi connectivity index (χ2v) is 8.82. The molecule has 5 atom stereocenters. The highest BCUT2D eigenvalue weighted by molar-refractivity contribution is 5.83. The van der Waals surface area contributed by atoms with Crippen molar-refractivity contribution in [2.45, 2.75) is 50.1 Å². The van der Waals surface area contributed by atoms with E-state index >= 15 is 0 Å². The van der Waals surface area contributed by atoms with Gasteiger partial charge in [-0.15, -0.1) is 0 Å². The summed E-state index contributed by atoms with van der Waals surface area (Å²) in [6.45, 7) is 1.81. The fraction of sp³-hybridized carbons (Fsp3) is 0.391. The fourth-order valence-electron chi connectivity index (χ4n) is 4.63. The number of rotatable bonds is 7. The quantitative estimate of drug-likeness (QED) is 0.267. The van der Waals surface area contributed by atoms with Gasteiger partial charge in [0.1, 0.15) is 17.7 Å². The Morgan fingerprint density at radius 1 is 1.15 bits per heavy atom. The van der Waals surface area contributed by atoms with E-state index in [1.165, 1.54) is 0 Å². The number of hydrogen-bond donors (Lipinski definition) is 5. The summed E-state index contributed by atoms with van der Waals surface area (Å²) in [6, 6.07) is 8.63. The first-order valence-electron chi connectivity index (χ1n) is 11.2. The average Bonchev–Trinajstić information content (AvgIpc) is 3.52. The van der Waals surface area contributed by atoms with Gasteiger partial charge in [0.2, 0.25) is 5.95 Å². The van der Waals surface area contributed by atoms with Crippen molar-refractivity contribution in [3.8, 4) is 0 Å². The van der Waals surface area contributed by atoms with Gasteiger partial charge in [0.15, 0.2) is 11.5 Å². The highest BCUT2D eigenvalue weighted by atomic mass is 16.3. The van der Waals surface area contributed by atoms with Crippen LogP contribution in [0.4, 0.5) is 11.8 Å². The molecule has 5 rings (SSSR count). The van der Waals surface area contributed by atoms with E-state index in [-0.39, 0.29) is 30.5 Å². The number of aromatic nitrogens is 6. The van der Waals surface area contributed by atoms with Gasteiger partial charge >= 0.3 is 0 Å². The number of nitrogen functional groups attached to an aromatic ring is 1. The Morgan fingerprint density at radius 3 is 2.62 bits per heavy atom. The molecule has 1 aliphatic rings. The van der Waals surface area contributed by atoms with Crippen LogP contribution in [0.25, 0.3) is 11.2 Å². The Morgan fingerprint density at radius 2 is 1.91 bits per heavy atom. The van der Waals surface area contributed by atoms with E-state index < -0.39 is 18.2 Å². The van der Waals surface area contributed by atoms with Crippen LogP contribution >= 0.6 is 0 Å². The van der Waals surface area contributed by atoms with Crippen molar-refractivity contribution in [2.24, 2.45) is 0 Å². The van der Waals surface area contributed by atoms with Crippen LogP contribution < -0.4 is 11.1 Å². The van der Waals surface area contributed by atoms with Gasteiger partial charge in [0.05, 0.1) is 37.3 Å². The van der Waals surface area contributed by atoms with E-state index in [0.29, 0.717) is 24.0 Å². The van der Waals surface area contributed by atoms with E-state index in [9.17, 15) is 15.3 Å². The molecule has 1 aliphatic carbocycles. The third-order valence-electron chi connectivity index (χ3n) is 6.38. The Kier molecular flexibility index (Phi) is 5.90. The summed E-state index contributed by atoms with van der Waals surface area (Å²) in [4.78, 5) is 13.3. The van der Waals surface area contributed by atoms with Crippen LogP contribution in [0.2, 0.25) is 0 Å². The Hall–Kier alpha value is -3.54. The molecule has 11 heteroatoms. The molecule has 0 radical (unpaired) electrons. The molecule has 0 aliphatic heterocycles. The van der Waals surface area contributed by atoms with Crippen LogP contribution in [0, 0.1) is 6.92 Å². The molecule has 178 valence electrons. The average molecular weight is 465 g/mol. The van der Waals surface area contributed by atoms with Crippen LogP contribution in [0.1, 0.15) is 29.6 Å². The summed E-state index contributed by atoms with van der Waals surface area (Å²) in [5.41, 5.74) is 9.06. The number of hydrogen-bond acceptors (Lipinski definition) is 9.